The van der Waals surface area contributed by atoms with Crippen molar-refractivity contribution in [1.82, 2.24) is 15.5 Å². The molecular formula is C26H43N3O10. The zero-order valence-electron chi connectivity index (χ0n) is 24.0. The van der Waals surface area contributed by atoms with Gasteiger partial charge in [0.1, 0.15) is 17.7 Å². The molecule has 4 N–H and O–H groups in total. The molecule has 13 nitrogen and oxygen atoms in total. The topological polar surface area (TPSA) is 189 Å². The normalized spacial score (nSPS) is 19.3. The first-order valence-corrected chi connectivity index (χ1v) is 13.0. The molecule has 0 radical (unpaired) electrons. The fourth-order valence-corrected chi connectivity index (χ4v) is 4.17. The number of carboxylic acid groups (broad SMARTS) is 2. The standard InChI is InChI=1S/C26H43N3O10/c1-14(2)11-17(20(32)23(35)36)27-21(33)18-12-15(38-25(3,4)5)13-29(18)22(34)16(9-10-19(30)31)28-24(37)39-26(6,7)8/h14-18H,9-13H2,1-8H3,(H,27,33)(H,28,37)(H,30,31)(H,35,36)/t15-,16+,17+,18+/m1/s1. The van der Waals surface area contributed by atoms with Crippen molar-refractivity contribution in [2.24, 2.45) is 5.92 Å². The van der Waals surface area contributed by atoms with Crippen molar-refractivity contribution >= 4 is 35.6 Å². The third-order valence-electron chi connectivity index (χ3n) is 5.56. The first-order chi connectivity index (χ1) is 17.7. The predicted octanol–water partition coefficient (Wildman–Crippen LogP) is 1.71. The van der Waals surface area contributed by atoms with Crippen LogP contribution in [-0.2, 0) is 33.4 Å². The molecule has 0 aromatic rings. The number of amides is 3. The Balaban J connectivity index is 3.31. The highest BCUT2D eigenvalue weighted by Crippen LogP contribution is 2.26. The van der Waals surface area contributed by atoms with Gasteiger partial charge in [-0.2, -0.15) is 0 Å². The summed E-state index contributed by atoms with van der Waals surface area (Å²) in [7, 11) is 0. The molecule has 1 saturated heterocycles. The minimum atomic E-state index is -1.69. The highest BCUT2D eigenvalue weighted by atomic mass is 16.6. The number of likely N-dealkylation sites (tertiary alicyclic amines) is 1. The summed E-state index contributed by atoms with van der Waals surface area (Å²) in [4.78, 5) is 75.5. The minimum absolute atomic E-state index is 0.0442. The lowest BCUT2D eigenvalue weighted by Crippen LogP contribution is -2.56. The number of nitrogens with zero attached hydrogens (tertiary/aromatic N) is 1. The van der Waals surface area contributed by atoms with Gasteiger partial charge in [0.25, 0.3) is 5.78 Å². The number of rotatable bonds is 12. The molecule has 0 aliphatic carbocycles. The Labute approximate surface area is 229 Å². The molecule has 0 unspecified atom stereocenters. The average molecular weight is 558 g/mol. The van der Waals surface area contributed by atoms with Crippen LogP contribution in [0.1, 0.15) is 81.1 Å². The van der Waals surface area contributed by atoms with E-state index in [1.807, 2.05) is 0 Å². The smallest absolute Gasteiger partial charge is 0.408 e. The molecule has 1 aliphatic heterocycles. The number of carbonyl (C=O) groups is 6. The molecule has 1 fully saturated rings. The van der Waals surface area contributed by atoms with Crippen LogP contribution in [0, 0.1) is 5.92 Å². The quantitative estimate of drug-likeness (QED) is 0.257. The van der Waals surface area contributed by atoms with E-state index in [2.05, 4.69) is 10.6 Å². The van der Waals surface area contributed by atoms with Crippen LogP contribution in [-0.4, -0.2) is 92.7 Å². The molecule has 0 bridgehead atoms. The summed E-state index contributed by atoms with van der Waals surface area (Å²) in [6.45, 7) is 13.8. The number of carbonyl (C=O) groups excluding carboxylic acids is 4. The maximum atomic E-state index is 13.7. The molecule has 13 heteroatoms. The first-order valence-electron chi connectivity index (χ1n) is 13.0. The van der Waals surface area contributed by atoms with E-state index in [-0.39, 0.29) is 31.7 Å². The van der Waals surface area contributed by atoms with Gasteiger partial charge in [-0.1, -0.05) is 13.8 Å². The van der Waals surface area contributed by atoms with Gasteiger partial charge < -0.3 is 35.2 Å². The van der Waals surface area contributed by atoms with E-state index < -0.39 is 77.5 Å². The molecule has 0 aromatic heterocycles. The van der Waals surface area contributed by atoms with Crippen molar-refractivity contribution in [3.63, 3.8) is 0 Å². The summed E-state index contributed by atoms with van der Waals surface area (Å²) in [5.74, 6) is -5.65. The highest BCUT2D eigenvalue weighted by molar-refractivity contribution is 6.35. The fraction of sp³-hybridized carbons (Fsp3) is 0.769. The van der Waals surface area contributed by atoms with Crippen LogP contribution in [0.5, 0.6) is 0 Å². The molecule has 3 amide bonds. The first kappa shape index (κ1) is 33.8. The number of aliphatic carboxylic acids is 2. The largest absolute Gasteiger partial charge is 0.481 e. The molecule has 1 rings (SSSR count). The summed E-state index contributed by atoms with van der Waals surface area (Å²) in [6, 6.07) is -3.79. The molecule has 39 heavy (non-hydrogen) atoms. The van der Waals surface area contributed by atoms with Crippen molar-refractivity contribution in [3.05, 3.63) is 0 Å². The van der Waals surface area contributed by atoms with E-state index in [4.69, 9.17) is 9.47 Å². The second-order valence-electron chi connectivity index (χ2n) is 12.1. The van der Waals surface area contributed by atoms with Crippen LogP contribution in [0.4, 0.5) is 4.79 Å². The summed E-state index contributed by atoms with van der Waals surface area (Å²) in [5, 5.41) is 23.3. The van der Waals surface area contributed by atoms with Crippen LogP contribution in [0.15, 0.2) is 0 Å². The van der Waals surface area contributed by atoms with E-state index in [0.29, 0.717) is 0 Å². The van der Waals surface area contributed by atoms with Gasteiger partial charge in [-0.15, -0.1) is 0 Å². The molecule has 222 valence electrons. The number of carboxylic acids is 2. The van der Waals surface area contributed by atoms with Gasteiger partial charge in [-0.25, -0.2) is 9.59 Å². The Morgan fingerprint density at radius 2 is 1.51 bits per heavy atom. The van der Waals surface area contributed by atoms with Crippen molar-refractivity contribution in [2.75, 3.05) is 6.54 Å². The van der Waals surface area contributed by atoms with Crippen LogP contribution < -0.4 is 10.6 Å². The molecule has 1 heterocycles. The number of ether oxygens (including phenoxy) is 2. The third kappa shape index (κ3) is 12.0. The highest BCUT2D eigenvalue weighted by Gasteiger charge is 2.44. The summed E-state index contributed by atoms with van der Waals surface area (Å²) in [6.07, 6.45) is -2.12. The van der Waals surface area contributed by atoms with Crippen molar-refractivity contribution in [3.8, 4) is 0 Å². The maximum Gasteiger partial charge on any atom is 0.408 e. The zero-order chi connectivity index (χ0) is 30.3. The van der Waals surface area contributed by atoms with E-state index in [1.54, 1.807) is 55.4 Å². The molecule has 0 saturated carbocycles. The Hall–Kier alpha value is -3.22. The summed E-state index contributed by atoms with van der Waals surface area (Å²) < 4.78 is 11.2. The van der Waals surface area contributed by atoms with Crippen LogP contribution in [0.2, 0.25) is 0 Å². The van der Waals surface area contributed by atoms with E-state index >= 15 is 0 Å². The van der Waals surface area contributed by atoms with Gasteiger partial charge in [0, 0.05) is 19.4 Å². The Morgan fingerprint density at radius 1 is 0.923 bits per heavy atom. The van der Waals surface area contributed by atoms with E-state index in [0.717, 1.165) is 0 Å². The lowest BCUT2D eigenvalue weighted by Gasteiger charge is -2.30. The Kier molecular flexibility index (Phi) is 11.9. The van der Waals surface area contributed by atoms with Gasteiger partial charge in [0.2, 0.25) is 11.8 Å². The number of alkyl carbamates (subject to hydrolysis) is 1. The summed E-state index contributed by atoms with van der Waals surface area (Å²) in [5.41, 5.74) is -1.50. The molecule has 4 atom stereocenters. The second kappa shape index (κ2) is 13.7. The lowest BCUT2D eigenvalue weighted by molar-refractivity contribution is -0.151. The number of ketones is 1. The van der Waals surface area contributed by atoms with Gasteiger partial charge >= 0.3 is 18.0 Å². The summed E-state index contributed by atoms with van der Waals surface area (Å²) >= 11 is 0. The van der Waals surface area contributed by atoms with Crippen LogP contribution in [0.3, 0.4) is 0 Å². The molecular weight excluding hydrogens is 514 g/mol. The molecule has 0 aromatic carbocycles. The lowest BCUT2D eigenvalue weighted by atomic mass is 9.99. The van der Waals surface area contributed by atoms with Gasteiger partial charge in [-0.05, 0) is 60.3 Å². The number of hydrogen-bond acceptors (Lipinski definition) is 8. The van der Waals surface area contributed by atoms with Gasteiger partial charge in [0.15, 0.2) is 0 Å². The monoisotopic (exact) mass is 557 g/mol. The van der Waals surface area contributed by atoms with Crippen molar-refractivity contribution in [2.45, 2.75) is 117 Å². The van der Waals surface area contributed by atoms with E-state index in [9.17, 15) is 39.0 Å². The molecule has 0 spiro atoms. The predicted molar refractivity (Wildman–Crippen MR) is 139 cm³/mol. The SMILES string of the molecule is CC(C)C[C@H](NC(=O)[C@@H]1C[C@@H](OC(C)(C)C)CN1C(=O)[C@H](CCC(=O)O)NC(=O)OC(C)(C)C)C(=O)C(=O)O. The third-order valence-corrected chi connectivity index (χ3v) is 5.56. The maximum absolute atomic E-state index is 13.7. The van der Waals surface area contributed by atoms with Gasteiger partial charge in [0.05, 0.1) is 17.7 Å². The van der Waals surface area contributed by atoms with Crippen molar-refractivity contribution < 1.29 is 48.5 Å². The second-order valence-corrected chi connectivity index (χ2v) is 12.1. The molecule has 1 aliphatic rings. The Bertz CT molecular complexity index is 935. The van der Waals surface area contributed by atoms with E-state index in [1.165, 1.54) is 4.90 Å². The zero-order valence-corrected chi connectivity index (χ0v) is 24.0. The minimum Gasteiger partial charge on any atom is -0.481 e. The Morgan fingerprint density at radius 3 is 1.97 bits per heavy atom. The fourth-order valence-electron chi connectivity index (χ4n) is 4.17. The number of nitrogens with one attached hydrogen (secondary N) is 2. The average Bonchev–Trinajstić information content (AvgIpc) is 3.15. The number of hydrogen-bond donors (Lipinski definition) is 4. The van der Waals surface area contributed by atoms with Crippen LogP contribution >= 0.6 is 0 Å². The number of Topliss-reactive ketones (excluding diaryl/α,β-unsaturated/α-hetero) is 1. The van der Waals surface area contributed by atoms with Crippen LogP contribution in [0.25, 0.3) is 0 Å². The van der Waals surface area contributed by atoms with Crippen molar-refractivity contribution in [1.29, 1.82) is 0 Å². The van der Waals surface area contributed by atoms with Gasteiger partial charge in [-0.3, -0.25) is 19.2 Å².